The summed E-state index contributed by atoms with van der Waals surface area (Å²) in [5, 5.41) is 7.25. The summed E-state index contributed by atoms with van der Waals surface area (Å²) in [6.45, 7) is 16.5. The van der Waals surface area contributed by atoms with Gasteiger partial charge in [0.2, 0.25) is 0 Å². The maximum atomic E-state index is 4.35. The molecule has 0 aromatic heterocycles. The van der Waals surface area contributed by atoms with Crippen LogP contribution in [0.4, 0.5) is 0 Å². The molecular formula is C44H37N. The van der Waals surface area contributed by atoms with Gasteiger partial charge in [0.25, 0.3) is 0 Å². The molecule has 1 heteroatoms. The number of aliphatic imine (C=N–C) groups is 1. The molecule has 6 aromatic carbocycles. The van der Waals surface area contributed by atoms with Gasteiger partial charge in [-0.2, -0.15) is 0 Å². The summed E-state index contributed by atoms with van der Waals surface area (Å²) < 4.78 is 0. The highest BCUT2D eigenvalue weighted by Gasteiger charge is 2.16. The largest absolute Gasteiger partial charge is 0.264 e. The lowest BCUT2D eigenvalue weighted by atomic mass is 9.85. The van der Waals surface area contributed by atoms with E-state index >= 15 is 0 Å². The van der Waals surface area contributed by atoms with Gasteiger partial charge in [-0.3, -0.25) is 4.99 Å². The topological polar surface area (TPSA) is 12.4 Å². The van der Waals surface area contributed by atoms with Crippen LogP contribution in [-0.4, -0.2) is 6.72 Å². The van der Waals surface area contributed by atoms with Crippen LogP contribution < -0.4 is 0 Å². The maximum absolute atomic E-state index is 4.35. The minimum Gasteiger partial charge on any atom is -0.264 e. The van der Waals surface area contributed by atoms with Gasteiger partial charge in [-0.05, 0) is 122 Å². The van der Waals surface area contributed by atoms with E-state index in [0.29, 0.717) is 0 Å². The first kappa shape index (κ1) is 29.5. The number of hydrogen-bond acceptors (Lipinski definition) is 1. The standard InChI is InChI=1S/C44H37N/c1-6-14-30(7-2)19-26-44(45-5)33-23-21-32(22-24-33)40-28-42-37(9-4)36(8-3)41(29-43(42)39-18-13-12-17-38(39)40)35-25-20-31-15-10-11-16-34(31)27-35/h6-18,20-29H,3-5,19H2,1-2H3/b14-6-,30-7+,44-26-. The molecule has 218 valence electrons. The molecule has 0 aliphatic heterocycles. The van der Waals surface area contributed by atoms with Crippen LogP contribution in [0.5, 0.6) is 0 Å². The molecule has 0 aliphatic carbocycles. The Balaban J connectivity index is 1.51. The van der Waals surface area contributed by atoms with Crippen molar-refractivity contribution in [2.24, 2.45) is 4.99 Å². The van der Waals surface area contributed by atoms with Crippen LogP contribution in [0.2, 0.25) is 0 Å². The Morgan fingerprint density at radius 3 is 2.00 bits per heavy atom. The maximum Gasteiger partial charge on any atom is 0.0658 e. The SMILES string of the molecule is C=Cc1c(-c2ccc3ccccc3c2)cc2c(cc(-c3ccc(/C(=C/CC(/C=C\C)=C/C)N=C)cc3)c3ccccc32)c1C=C. The van der Waals surface area contributed by atoms with Crippen LogP contribution in [0.15, 0.2) is 151 Å². The molecule has 45 heavy (non-hydrogen) atoms. The molecule has 0 amide bonds. The number of nitrogens with zero attached hydrogens (tertiary/aromatic N) is 1. The summed E-state index contributed by atoms with van der Waals surface area (Å²) in [6, 6.07) is 37.2. The third kappa shape index (κ3) is 5.61. The quantitative estimate of drug-likeness (QED) is 0.0918. The zero-order valence-corrected chi connectivity index (χ0v) is 26.1. The Morgan fingerprint density at radius 1 is 0.644 bits per heavy atom. The average molecular weight is 580 g/mol. The van der Waals surface area contributed by atoms with Gasteiger partial charge >= 0.3 is 0 Å². The molecule has 0 radical (unpaired) electrons. The molecule has 1 nitrogen and oxygen atoms in total. The summed E-state index contributed by atoms with van der Waals surface area (Å²) in [7, 11) is 0. The van der Waals surface area contributed by atoms with E-state index in [9.17, 15) is 0 Å². The highest BCUT2D eigenvalue weighted by atomic mass is 14.7. The Hall–Kier alpha value is -5.53. The molecule has 0 saturated carbocycles. The minimum atomic E-state index is 0.809. The van der Waals surface area contributed by atoms with Crippen molar-refractivity contribution >= 4 is 56.9 Å². The third-order valence-electron chi connectivity index (χ3n) is 8.66. The molecule has 6 aromatic rings. The molecule has 0 heterocycles. The van der Waals surface area contributed by atoms with E-state index in [2.05, 4.69) is 159 Å². The zero-order chi connectivity index (χ0) is 31.3. The van der Waals surface area contributed by atoms with E-state index in [1.807, 2.05) is 19.1 Å². The number of allylic oxidation sites excluding steroid dienone is 5. The Kier molecular flexibility index (Phi) is 8.53. The third-order valence-corrected chi connectivity index (χ3v) is 8.66. The molecular weight excluding hydrogens is 542 g/mol. The fourth-order valence-corrected chi connectivity index (χ4v) is 6.37. The molecule has 6 rings (SSSR count). The fraction of sp³-hybridized carbons (Fsp3) is 0.0682. The van der Waals surface area contributed by atoms with Crippen LogP contribution in [0, 0.1) is 0 Å². The van der Waals surface area contributed by atoms with Gasteiger partial charge < -0.3 is 0 Å². The smallest absolute Gasteiger partial charge is 0.0658 e. The number of fused-ring (bicyclic) bond motifs is 4. The minimum absolute atomic E-state index is 0.809. The molecule has 0 spiro atoms. The van der Waals surface area contributed by atoms with Crippen molar-refractivity contribution in [3.8, 4) is 22.3 Å². The van der Waals surface area contributed by atoms with Crippen LogP contribution in [-0.2, 0) is 0 Å². The van der Waals surface area contributed by atoms with E-state index in [0.717, 1.165) is 39.9 Å². The lowest BCUT2D eigenvalue weighted by Crippen LogP contribution is -1.93. The summed E-state index contributed by atoms with van der Waals surface area (Å²) in [6.07, 6.45) is 13.2. The Labute approximate surface area is 266 Å². The predicted octanol–water partition coefficient (Wildman–Crippen LogP) is 12.7. The van der Waals surface area contributed by atoms with E-state index in [1.165, 1.54) is 49.0 Å². The molecule has 0 fully saturated rings. The molecule has 0 aliphatic rings. The lowest BCUT2D eigenvalue weighted by molar-refractivity contribution is 1.26. The summed E-state index contributed by atoms with van der Waals surface area (Å²) in [5.74, 6) is 0. The van der Waals surface area contributed by atoms with E-state index < -0.39 is 0 Å². The number of hydrogen-bond donors (Lipinski definition) is 0. The van der Waals surface area contributed by atoms with Gasteiger partial charge in [0.15, 0.2) is 0 Å². The second-order valence-electron chi connectivity index (χ2n) is 11.2. The van der Waals surface area contributed by atoms with Crippen molar-refractivity contribution in [3.63, 3.8) is 0 Å². The zero-order valence-electron chi connectivity index (χ0n) is 26.1. The van der Waals surface area contributed by atoms with Gasteiger partial charge in [0, 0.05) is 0 Å². The lowest BCUT2D eigenvalue weighted by Gasteiger charge is -2.18. The van der Waals surface area contributed by atoms with Gasteiger partial charge in [-0.15, -0.1) is 0 Å². The predicted molar refractivity (Wildman–Crippen MR) is 201 cm³/mol. The number of benzene rings is 6. The first-order valence-electron chi connectivity index (χ1n) is 15.4. The Bertz CT molecular complexity index is 2190. The van der Waals surface area contributed by atoms with Crippen LogP contribution in [0.25, 0.3) is 72.4 Å². The van der Waals surface area contributed by atoms with Crippen molar-refractivity contribution < 1.29 is 0 Å². The summed E-state index contributed by atoms with van der Waals surface area (Å²) >= 11 is 0. The van der Waals surface area contributed by atoms with E-state index in [4.69, 9.17) is 0 Å². The second-order valence-corrected chi connectivity index (χ2v) is 11.2. The van der Waals surface area contributed by atoms with Crippen molar-refractivity contribution in [3.05, 3.63) is 163 Å². The highest BCUT2D eigenvalue weighted by Crippen LogP contribution is 2.42. The van der Waals surface area contributed by atoms with E-state index in [1.54, 1.807) is 0 Å². The van der Waals surface area contributed by atoms with Crippen LogP contribution in [0.1, 0.15) is 37.0 Å². The van der Waals surface area contributed by atoms with Crippen molar-refractivity contribution in [2.45, 2.75) is 20.3 Å². The monoisotopic (exact) mass is 579 g/mol. The molecule has 0 bridgehead atoms. The first-order valence-corrected chi connectivity index (χ1v) is 15.4. The van der Waals surface area contributed by atoms with Gasteiger partial charge in [-0.25, -0.2) is 0 Å². The normalized spacial score (nSPS) is 12.3. The average Bonchev–Trinajstić information content (AvgIpc) is 3.10. The Morgan fingerprint density at radius 2 is 1.31 bits per heavy atom. The summed E-state index contributed by atoms with van der Waals surface area (Å²) in [4.78, 5) is 4.35. The van der Waals surface area contributed by atoms with Crippen LogP contribution >= 0.6 is 0 Å². The second kappa shape index (κ2) is 13.0. The highest BCUT2D eigenvalue weighted by molar-refractivity contribution is 6.17. The molecule has 0 atom stereocenters. The molecule has 0 saturated heterocycles. The fourth-order valence-electron chi connectivity index (χ4n) is 6.37. The summed E-state index contributed by atoms with van der Waals surface area (Å²) in [5.41, 5.74) is 10.0. The molecule has 0 unspecified atom stereocenters. The van der Waals surface area contributed by atoms with Gasteiger partial charge in [0.05, 0.1) is 5.70 Å². The van der Waals surface area contributed by atoms with Crippen molar-refractivity contribution in [2.75, 3.05) is 0 Å². The molecule has 0 N–H and O–H groups in total. The van der Waals surface area contributed by atoms with Gasteiger partial charge in [0.1, 0.15) is 0 Å². The number of rotatable bonds is 9. The van der Waals surface area contributed by atoms with Crippen LogP contribution in [0.3, 0.4) is 0 Å². The van der Waals surface area contributed by atoms with Gasteiger partial charge in [-0.1, -0.05) is 135 Å². The first-order chi connectivity index (χ1) is 22.1. The van der Waals surface area contributed by atoms with Crippen molar-refractivity contribution in [1.29, 1.82) is 0 Å². The van der Waals surface area contributed by atoms with E-state index in [-0.39, 0.29) is 0 Å². The van der Waals surface area contributed by atoms with Crippen molar-refractivity contribution in [1.82, 2.24) is 0 Å².